The van der Waals surface area contributed by atoms with Gasteiger partial charge < -0.3 is 10.8 Å². The lowest BCUT2D eigenvalue weighted by Gasteiger charge is -2.13. The summed E-state index contributed by atoms with van der Waals surface area (Å²) in [6.07, 6.45) is 2.18. The maximum Gasteiger partial charge on any atom is 0.223 e. The smallest absolute Gasteiger partial charge is 0.223 e. The molecule has 8 heteroatoms. The molecule has 0 unspecified atom stereocenters. The molecule has 1 aromatic carbocycles. The molecule has 0 aliphatic carbocycles. The van der Waals surface area contributed by atoms with Gasteiger partial charge in [-0.1, -0.05) is 30.3 Å². The van der Waals surface area contributed by atoms with E-state index in [0.717, 1.165) is 33.8 Å². The first kappa shape index (κ1) is 19.7. The Balaban J connectivity index is 1.97. The molecule has 3 aromatic heterocycles. The largest absolute Gasteiger partial charge is 0.396 e. The third-order valence-corrected chi connectivity index (χ3v) is 4.60. The Morgan fingerprint density at radius 1 is 1.03 bits per heavy atom. The first-order chi connectivity index (χ1) is 14.6. The normalized spacial score (nSPS) is 11.6. The molecule has 0 saturated heterocycles. The molecule has 0 amide bonds. The molecule has 30 heavy (non-hydrogen) atoms. The number of hydrogen-bond acceptors (Lipinski definition) is 7. The summed E-state index contributed by atoms with van der Waals surface area (Å²) in [5.74, 6) is 0.688. The molecular formula is C22H23N7O. The summed E-state index contributed by atoms with van der Waals surface area (Å²) in [7, 11) is 0. The molecule has 4 aromatic rings. The number of aryl methyl sites for hydroxylation is 2. The summed E-state index contributed by atoms with van der Waals surface area (Å²) in [5, 5.41) is 13.4. The van der Waals surface area contributed by atoms with Gasteiger partial charge in [-0.25, -0.2) is 9.97 Å². The second-order valence-corrected chi connectivity index (χ2v) is 7.02. The highest BCUT2D eigenvalue weighted by atomic mass is 16.3. The molecule has 4 rings (SSSR count). The van der Waals surface area contributed by atoms with E-state index in [9.17, 15) is 0 Å². The monoisotopic (exact) mass is 401 g/mol. The fraction of sp³-hybridized carbons (Fsp3) is 0.227. The van der Waals surface area contributed by atoms with Gasteiger partial charge in [0, 0.05) is 30.1 Å². The summed E-state index contributed by atoms with van der Waals surface area (Å²) >= 11 is 0. The lowest BCUT2D eigenvalue weighted by Crippen LogP contribution is -2.06. The molecule has 0 aliphatic rings. The number of rotatable bonds is 6. The van der Waals surface area contributed by atoms with Crippen LogP contribution in [0.3, 0.4) is 0 Å². The number of nitrogens with two attached hydrogens (primary N) is 1. The van der Waals surface area contributed by atoms with Gasteiger partial charge in [-0.05, 0) is 38.0 Å². The number of hydrogen-bond donors (Lipinski definition) is 2. The summed E-state index contributed by atoms with van der Waals surface area (Å²) in [5.41, 5.74) is 12.1. The average molecular weight is 401 g/mol. The second-order valence-electron chi connectivity index (χ2n) is 7.02. The molecule has 0 fully saturated rings. The van der Waals surface area contributed by atoms with Crippen molar-refractivity contribution in [1.82, 2.24) is 24.6 Å². The summed E-state index contributed by atoms with van der Waals surface area (Å²) < 4.78 is 1.54. The molecule has 152 valence electrons. The van der Waals surface area contributed by atoms with Crippen LogP contribution >= 0.6 is 0 Å². The number of pyridine rings is 1. The summed E-state index contributed by atoms with van der Waals surface area (Å²) in [4.78, 5) is 18.1. The second kappa shape index (κ2) is 8.38. The van der Waals surface area contributed by atoms with E-state index >= 15 is 0 Å². The number of aliphatic hydroxyl groups is 1. The Bertz CT molecular complexity index is 1200. The lowest BCUT2D eigenvalue weighted by molar-refractivity contribution is 0.291. The molecule has 3 heterocycles. The van der Waals surface area contributed by atoms with Crippen LogP contribution in [0, 0.1) is 13.8 Å². The van der Waals surface area contributed by atoms with Gasteiger partial charge in [-0.15, -0.1) is 5.10 Å². The van der Waals surface area contributed by atoms with Crippen molar-refractivity contribution in [2.24, 2.45) is 4.99 Å². The van der Waals surface area contributed by atoms with Crippen LogP contribution in [0.2, 0.25) is 0 Å². The first-order valence-corrected chi connectivity index (χ1v) is 9.75. The Morgan fingerprint density at radius 3 is 2.47 bits per heavy atom. The SMILES string of the molecule is Cc1cc(-c2c(-c3ccccc3)nc(N)n3nc(/C=N/CCCO)nc23)cc(C)n1. The van der Waals surface area contributed by atoms with E-state index in [-0.39, 0.29) is 12.6 Å². The minimum atomic E-state index is 0.0954. The zero-order valence-corrected chi connectivity index (χ0v) is 16.9. The van der Waals surface area contributed by atoms with Crippen molar-refractivity contribution in [3.05, 3.63) is 59.7 Å². The van der Waals surface area contributed by atoms with E-state index in [4.69, 9.17) is 15.8 Å². The van der Waals surface area contributed by atoms with E-state index in [0.29, 0.717) is 24.4 Å². The van der Waals surface area contributed by atoms with Gasteiger partial charge in [0.15, 0.2) is 11.5 Å². The molecule has 0 aliphatic heterocycles. The van der Waals surface area contributed by atoms with E-state index in [2.05, 4.69) is 20.1 Å². The Morgan fingerprint density at radius 2 is 1.77 bits per heavy atom. The highest BCUT2D eigenvalue weighted by molar-refractivity contribution is 5.91. The molecule has 0 saturated carbocycles. The van der Waals surface area contributed by atoms with Crippen LogP contribution in [-0.2, 0) is 0 Å². The Labute approximate surface area is 174 Å². The van der Waals surface area contributed by atoms with Crippen molar-refractivity contribution in [3.63, 3.8) is 0 Å². The average Bonchev–Trinajstić information content (AvgIpc) is 3.15. The quantitative estimate of drug-likeness (QED) is 0.379. The Kier molecular flexibility index (Phi) is 5.49. The van der Waals surface area contributed by atoms with Crippen LogP contribution in [0.5, 0.6) is 0 Å². The fourth-order valence-corrected chi connectivity index (χ4v) is 3.39. The minimum Gasteiger partial charge on any atom is -0.396 e. The number of aliphatic imine (C=N–C) groups is 1. The standard InChI is InChI=1S/C22H23N7O/c1-14-11-17(12-15(2)25-14)19-20(16-7-4-3-5-8-16)27-22(23)29-21(19)26-18(28-29)13-24-9-6-10-30/h3-5,7-8,11-13,30H,6,9-10H2,1-2H3,(H2,23,27)/b24-13+. The lowest BCUT2D eigenvalue weighted by atomic mass is 9.99. The minimum absolute atomic E-state index is 0.0954. The molecule has 0 bridgehead atoms. The Hall–Kier alpha value is -3.65. The van der Waals surface area contributed by atoms with Crippen LogP contribution in [0.4, 0.5) is 5.95 Å². The van der Waals surface area contributed by atoms with E-state index in [1.807, 2.05) is 56.3 Å². The summed E-state index contributed by atoms with van der Waals surface area (Å²) in [6, 6.07) is 13.9. The van der Waals surface area contributed by atoms with Gasteiger partial charge in [-0.3, -0.25) is 9.98 Å². The van der Waals surface area contributed by atoms with Gasteiger partial charge in [0.2, 0.25) is 5.95 Å². The van der Waals surface area contributed by atoms with Crippen LogP contribution in [-0.4, -0.2) is 49.0 Å². The number of anilines is 1. The number of benzene rings is 1. The number of aliphatic hydroxyl groups excluding tert-OH is 1. The van der Waals surface area contributed by atoms with Crippen molar-refractivity contribution < 1.29 is 5.11 Å². The topological polar surface area (TPSA) is 115 Å². The summed E-state index contributed by atoms with van der Waals surface area (Å²) in [6.45, 7) is 4.52. The zero-order chi connectivity index (χ0) is 21.1. The number of nitrogens with zero attached hydrogens (tertiary/aromatic N) is 6. The van der Waals surface area contributed by atoms with Gasteiger partial charge in [0.1, 0.15) is 0 Å². The van der Waals surface area contributed by atoms with Gasteiger partial charge in [0.25, 0.3) is 0 Å². The fourth-order valence-electron chi connectivity index (χ4n) is 3.39. The first-order valence-electron chi connectivity index (χ1n) is 9.75. The zero-order valence-electron chi connectivity index (χ0n) is 16.9. The number of aromatic nitrogens is 5. The third-order valence-electron chi connectivity index (χ3n) is 4.60. The van der Waals surface area contributed by atoms with E-state index in [1.165, 1.54) is 0 Å². The van der Waals surface area contributed by atoms with Crippen LogP contribution in [0.25, 0.3) is 28.0 Å². The highest BCUT2D eigenvalue weighted by Crippen LogP contribution is 2.35. The van der Waals surface area contributed by atoms with Crippen molar-refractivity contribution in [3.8, 4) is 22.4 Å². The molecule has 8 nitrogen and oxygen atoms in total. The maximum absolute atomic E-state index is 8.92. The van der Waals surface area contributed by atoms with Crippen LogP contribution in [0.15, 0.2) is 47.5 Å². The molecule has 0 atom stereocenters. The van der Waals surface area contributed by atoms with Crippen LogP contribution < -0.4 is 5.73 Å². The van der Waals surface area contributed by atoms with Gasteiger partial charge >= 0.3 is 0 Å². The highest BCUT2D eigenvalue weighted by Gasteiger charge is 2.20. The third kappa shape index (κ3) is 3.90. The molecule has 3 N–H and O–H groups in total. The van der Waals surface area contributed by atoms with Crippen molar-refractivity contribution in [2.75, 3.05) is 18.9 Å². The molecule has 0 radical (unpaired) electrons. The maximum atomic E-state index is 8.92. The van der Waals surface area contributed by atoms with Crippen LogP contribution in [0.1, 0.15) is 23.6 Å². The number of fused-ring (bicyclic) bond motifs is 1. The molecular weight excluding hydrogens is 378 g/mol. The van der Waals surface area contributed by atoms with Crippen molar-refractivity contribution >= 4 is 17.8 Å². The van der Waals surface area contributed by atoms with Crippen molar-refractivity contribution in [2.45, 2.75) is 20.3 Å². The van der Waals surface area contributed by atoms with Gasteiger partial charge in [0.05, 0.1) is 17.5 Å². The van der Waals surface area contributed by atoms with Gasteiger partial charge in [-0.2, -0.15) is 4.52 Å². The predicted octanol–water partition coefficient (Wildman–Crippen LogP) is 2.85. The van der Waals surface area contributed by atoms with E-state index < -0.39 is 0 Å². The predicted molar refractivity (Wildman–Crippen MR) is 117 cm³/mol. The van der Waals surface area contributed by atoms with E-state index in [1.54, 1.807) is 10.7 Å². The van der Waals surface area contributed by atoms with Crippen molar-refractivity contribution in [1.29, 1.82) is 0 Å². The molecule has 0 spiro atoms. The number of nitrogen functional groups attached to an aromatic ring is 1.